The monoisotopic (exact) mass is 220 g/mol. The first-order valence-corrected chi connectivity index (χ1v) is 4.68. The molecule has 4 nitrogen and oxygen atoms in total. The Kier molecular flexibility index (Phi) is 2.30. The van der Waals surface area contributed by atoms with Gasteiger partial charge in [0, 0.05) is 20.0 Å². The fourth-order valence-corrected chi connectivity index (χ4v) is 1.56. The van der Waals surface area contributed by atoms with Crippen molar-refractivity contribution in [1.82, 2.24) is 9.55 Å². The summed E-state index contributed by atoms with van der Waals surface area (Å²) >= 11 is 0. The maximum Gasteiger partial charge on any atom is 0.261 e. The summed E-state index contributed by atoms with van der Waals surface area (Å²) in [6.07, 6.45) is 0. The van der Waals surface area contributed by atoms with Crippen molar-refractivity contribution in [3.8, 4) is 0 Å². The van der Waals surface area contributed by atoms with Crippen LogP contribution in [0.2, 0.25) is 0 Å². The molecule has 16 heavy (non-hydrogen) atoms. The molecule has 0 bridgehead atoms. The van der Waals surface area contributed by atoms with Crippen molar-refractivity contribution < 1.29 is 9.18 Å². The predicted molar refractivity (Wildman–Crippen MR) is 56.9 cm³/mol. The van der Waals surface area contributed by atoms with Gasteiger partial charge in [-0.3, -0.25) is 14.2 Å². The van der Waals surface area contributed by atoms with Crippen LogP contribution in [0.4, 0.5) is 4.39 Å². The maximum absolute atomic E-state index is 13.0. The summed E-state index contributed by atoms with van der Waals surface area (Å²) in [5.74, 6) is -0.781. The fourth-order valence-electron chi connectivity index (χ4n) is 1.56. The van der Waals surface area contributed by atoms with E-state index in [0.29, 0.717) is 5.39 Å². The van der Waals surface area contributed by atoms with Gasteiger partial charge >= 0.3 is 0 Å². The number of carbonyl (C=O) groups excluding carboxylic acids is 1. The van der Waals surface area contributed by atoms with Gasteiger partial charge in [-0.05, 0) is 12.1 Å². The third kappa shape index (κ3) is 1.50. The Balaban J connectivity index is 2.94. The van der Waals surface area contributed by atoms with E-state index >= 15 is 0 Å². The topological polar surface area (TPSA) is 52.0 Å². The first-order chi connectivity index (χ1) is 7.50. The van der Waals surface area contributed by atoms with Crippen molar-refractivity contribution in [2.75, 3.05) is 0 Å². The number of nitrogens with zero attached hydrogens (tertiary/aromatic N) is 2. The van der Waals surface area contributed by atoms with E-state index in [0.717, 1.165) is 6.07 Å². The smallest absolute Gasteiger partial charge is 0.261 e. The Morgan fingerprint density at radius 3 is 2.75 bits per heavy atom. The summed E-state index contributed by atoms with van der Waals surface area (Å²) in [5, 5.41) is 0.300. The van der Waals surface area contributed by atoms with Crippen LogP contribution in [0.5, 0.6) is 0 Å². The Labute approximate surface area is 90.3 Å². The van der Waals surface area contributed by atoms with Crippen LogP contribution in [-0.2, 0) is 7.05 Å². The molecule has 2 aromatic rings. The molecule has 1 heterocycles. The molecule has 0 radical (unpaired) electrons. The van der Waals surface area contributed by atoms with Crippen LogP contribution in [0.25, 0.3) is 10.9 Å². The molecule has 0 aliphatic heterocycles. The number of benzene rings is 1. The molecular weight excluding hydrogens is 211 g/mol. The molecule has 2 rings (SSSR count). The van der Waals surface area contributed by atoms with Crippen LogP contribution in [0.15, 0.2) is 23.0 Å². The molecule has 1 aromatic carbocycles. The highest BCUT2D eigenvalue weighted by molar-refractivity contribution is 5.92. The predicted octanol–water partition coefficient (Wildman–Crippen LogP) is 1.28. The molecule has 5 heteroatoms. The quantitative estimate of drug-likeness (QED) is 0.680. The number of fused-ring (bicyclic) bond motifs is 1. The number of aromatic nitrogens is 2. The highest BCUT2D eigenvalue weighted by Gasteiger charge is 2.11. The zero-order valence-corrected chi connectivity index (χ0v) is 8.82. The Morgan fingerprint density at radius 2 is 2.12 bits per heavy atom. The van der Waals surface area contributed by atoms with Gasteiger partial charge in [0.15, 0.2) is 11.6 Å². The molecule has 0 saturated heterocycles. The lowest BCUT2D eigenvalue weighted by atomic mass is 10.2. The van der Waals surface area contributed by atoms with Crippen LogP contribution in [0.1, 0.15) is 17.5 Å². The van der Waals surface area contributed by atoms with E-state index in [1.807, 2.05) is 0 Å². The molecule has 82 valence electrons. The lowest BCUT2D eigenvalue weighted by Gasteiger charge is -2.05. The Hall–Kier alpha value is -2.04. The third-order valence-corrected chi connectivity index (χ3v) is 2.35. The summed E-state index contributed by atoms with van der Waals surface area (Å²) in [5.41, 5.74) is -0.150. The van der Waals surface area contributed by atoms with Crippen molar-refractivity contribution in [1.29, 1.82) is 0 Å². The SMILES string of the molecule is CC(=O)c1nc2cc(F)ccc2c(=O)n1C. The van der Waals surface area contributed by atoms with E-state index in [9.17, 15) is 14.0 Å². The largest absolute Gasteiger partial charge is 0.293 e. The van der Waals surface area contributed by atoms with Gasteiger partial charge in [0.2, 0.25) is 0 Å². The van der Waals surface area contributed by atoms with Crippen LogP contribution in [-0.4, -0.2) is 15.3 Å². The highest BCUT2D eigenvalue weighted by atomic mass is 19.1. The molecule has 0 saturated carbocycles. The van der Waals surface area contributed by atoms with Crippen LogP contribution in [0, 0.1) is 5.82 Å². The number of ketones is 1. The minimum atomic E-state index is -0.484. The maximum atomic E-state index is 13.0. The number of hydrogen-bond donors (Lipinski definition) is 0. The van der Waals surface area contributed by atoms with Gasteiger partial charge in [0.05, 0.1) is 10.9 Å². The van der Waals surface area contributed by atoms with Crippen molar-refractivity contribution in [3.63, 3.8) is 0 Å². The van der Waals surface area contributed by atoms with Crippen molar-refractivity contribution in [3.05, 3.63) is 40.2 Å². The van der Waals surface area contributed by atoms with Gasteiger partial charge in [0.25, 0.3) is 5.56 Å². The molecule has 0 unspecified atom stereocenters. The normalized spacial score (nSPS) is 10.7. The standard InChI is InChI=1S/C11H9FN2O2/c1-6(15)10-13-9-5-7(12)3-4-8(9)11(16)14(10)2/h3-5H,1-2H3. The summed E-state index contributed by atoms with van der Waals surface area (Å²) in [7, 11) is 1.47. The summed E-state index contributed by atoms with van der Waals surface area (Å²) in [6.45, 7) is 1.31. The van der Waals surface area contributed by atoms with E-state index in [2.05, 4.69) is 4.98 Å². The lowest BCUT2D eigenvalue weighted by Crippen LogP contribution is -2.24. The van der Waals surface area contributed by atoms with Gasteiger partial charge < -0.3 is 0 Å². The average Bonchev–Trinajstić information content (AvgIpc) is 2.22. The Morgan fingerprint density at radius 1 is 1.44 bits per heavy atom. The summed E-state index contributed by atoms with van der Waals surface area (Å²) in [6, 6.07) is 3.70. The molecule has 1 aromatic heterocycles. The molecule has 0 spiro atoms. The van der Waals surface area contributed by atoms with Gasteiger partial charge in [-0.1, -0.05) is 0 Å². The number of Topliss-reactive ketones (excluding diaryl/α,β-unsaturated/α-hetero) is 1. The summed E-state index contributed by atoms with van der Waals surface area (Å²) < 4.78 is 14.1. The average molecular weight is 220 g/mol. The summed E-state index contributed by atoms with van der Waals surface area (Å²) in [4.78, 5) is 27.0. The van der Waals surface area contributed by atoms with Gasteiger partial charge in [0.1, 0.15) is 5.82 Å². The molecule has 0 fully saturated rings. The number of carbonyl (C=O) groups is 1. The van der Waals surface area contributed by atoms with Crippen LogP contribution in [0.3, 0.4) is 0 Å². The van der Waals surface area contributed by atoms with Crippen LogP contribution >= 0.6 is 0 Å². The first kappa shape index (κ1) is 10.5. The van der Waals surface area contributed by atoms with E-state index in [1.54, 1.807) is 0 Å². The fraction of sp³-hybridized carbons (Fsp3) is 0.182. The number of rotatable bonds is 1. The van der Waals surface area contributed by atoms with Crippen molar-refractivity contribution in [2.45, 2.75) is 6.92 Å². The molecule has 0 aliphatic rings. The number of hydrogen-bond acceptors (Lipinski definition) is 3. The zero-order chi connectivity index (χ0) is 11.9. The van der Waals surface area contributed by atoms with E-state index in [1.165, 1.54) is 30.7 Å². The Bertz CT molecular complexity index is 646. The van der Waals surface area contributed by atoms with E-state index in [-0.39, 0.29) is 22.7 Å². The minimum Gasteiger partial charge on any atom is -0.293 e. The van der Waals surface area contributed by atoms with Gasteiger partial charge in [-0.25, -0.2) is 9.37 Å². The molecule has 0 atom stereocenters. The van der Waals surface area contributed by atoms with Gasteiger partial charge in [-0.2, -0.15) is 0 Å². The molecular formula is C11H9FN2O2. The minimum absolute atomic E-state index is 0.0306. The van der Waals surface area contributed by atoms with Crippen molar-refractivity contribution >= 4 is 16.7 Å². The first-order valence-electron chi connectivity index (χ1n) is 4.68. The second kappa shape index (κ2) is 3.52. The van der Waals surface area contributed by atoms with Crippen LogP contribution < -0.4 is 5.56 Å². The molecule has 0 N–H and O–H groups in total. The molecule has 0 aliphatic carbocycles. The van der Waals surface area contributed by atoms with E-state index < -0.39 is 5.82 Å². The number of halogens is 1. The third-order valence-electron chi connectivity index (χ3n) is 2.35. The van der Waals surface area contributed by atoms with Gasteiger partial charge in [-0.15, -0.1) is 0 Å². The zero-order valence-electron chi connectivity index (χ0n) is 8.82. The van der Waals surface area contributed by atoms with E-state index in [4.69, 9.17) is 0 Å². The second-order valence-electron chi connectivity index (χ2n) is 3.52. The second-order valence-corrected chi connectivity index (χ2v) is 3.52. The molecule has 0 amide bonds. The van der Waals surface area contributed by atoms with Crippen molar-refractivity contribution in [2.24, 2.45) is 7.05 Å². The highest BCUT2D eigenvalue weighted by Crippen LogP contribution is 2.10. The lowest BCUT2D eigenvalue weighted by molar-refractivity contribution is 0.0999.